The molecular formula is C40H39Cl2F3N3O6+. The Balaban J connectivity index is 1.10. The van der Waals surface area contributed by atoms with Crippen LogP contribution in [-0.2, 0) is 20.7 Å². The standard InChI is InChI=1S/C40H38Cl2F3N3O6/c41-31-19-46-20-32(42)30(31)18-34(27-7-12-33(54-40(44)45)35(17-27)51-22-23-1-2-23)52-38(49)26-5-10-29(11-6-26)47-37(25-3-8-28(43)9-4-25)39(50)53-36-21-48-15-13-24(36)14-16-48/h3-12,17,19-20,23-24,34,36-37,40,47H,1-2,13-16,18,21-22H2/p+1/t34-,36-,37?/m0/s1. The molecule has 1 aliphatic carbocycles. The molecule has 0 amide bonds. The van der Waals surface area contributed by atoms with Crippen molar-refractivity contribution in [1.82, 2.24) is 4.90 Å². The maximum atomic E-state index is 13.8. The number of pyridine rings is 1. The van der Waals surface area contributed by atoms with Crippen LogP contribution in [-0.4, -0.2) is 55.8 Å². The number of aromatic nitrogens is 1. The zero-order valence-corrected chi connectivity index (χ0v) is 30.6. The van der Waals surface area contributed by atoms with Gasteiger partial charge in [-0.2, -0.15) is 8.78 Å². The van der Waals surface area contributed by atoms with E-state index in [1.54, 1.807) is 36.7 Å². The van der Waals surface area contributed by atoms with E-state index in [0.29, 0.717) is 57.4 Å². The minimum atomic E-state index is -3.06. The highest BCUT2D eigenvalue weighted by molar-refractivity contribution is 6.35. The molecule has 2 bridgehead atoms. The van der Waals surface area contributed by atoms with Gasteiger partial charge in [0, 0.05) is 24.2 Å². The van der Waals surface area contributed by atoms with Crippen molar-refractivity contribution in [2.45, 2.75) is 57.0 Å². The second-order valence-electron chi connectivity index (χ2n) is 13.9. The molecule has 0 radical (unpaired) electrons. The molecule has 2 N–H and O–H groups in total. The van der Waals surface area contributed by atoms with E-state index >= 15 is 0 Å². The van der Waals surface area contributed by atoms with E-state index in [9.17, 15) is 22.8 Å². The van der Waals surface area contributed by atoms with Crippen molar-refractivity contribution in [2.75, 3.05) is 31.6 Å². The monoisotopic (exact) mass is 784 g/mol. The predicted molar refractivity (Wildman–Crippen MR) is 194 cm³/mol. The van der Waals surface area contributed by atoms with Gasteiger partial charge in [-0.25, -0.2) is 19.0 Å². The van der Waals surface area contributed by atoms with Crippen LogP contribution in [0.5, 0.6) is 11.5 Å². The predicted octanol–water partition coefficient (Wildman–Crippen LogP) is 8.27. The molecule has 3 atom stereocenters. The molecule has 54 heavy (non-hydrogen) atoms. The van der Waals surface area contributed by atoms with Crippen molar-refractivity contribution >= 4 is 40.8 Å². The third-order valence-electron chi connectivity index (χ3n) is 10.1. The second-order valence-corrected chi connectivity index (χ2v) is 14.7. The Bertz CT molecular complexity index is 1920. The molecule has 284 valence electrons. The third-order valence-corrected chi connectivity index (χ3v) is 10.8. The zero-order chi connectivity index (χ0) is 37.8. The van der Waals surface area contributed by atoms with E-state index in [-0.39, 0.29) is 29.6 Å². The average molecular weight is 786 g/mol. The number of benzene rings is 3. The number of halogens is 5. The van der Waals surface area contributed by atoms with Crippen LogP contribution in [0.1, 0.15) is 64.9 Å². The van der Waals surface area contributed by atoms with Gasteiger partial charge in [-0.1, -0.05) is 41.4 Å². The lowest BCUT2D eigenvalue weighted by Gasteiger charge is -2.44. The van der Waals surface area contributed by atoms with Gasteiger partial charge in [-0.3, -0.25) is 4.90 Å². The van der Waals surface area contributed by atoms with Crippen LogP contribution in [0.25, 0.3) is 0 Å². The number of alkyl halides is 2. The molecule has 3 aromatic carbocycles. The number of esters is 2. The number of carbonyl (C=O) groups excluding carboxylic acids is 2. The van der Waals surface area contributed by atoms with Gasteiger partial charge in [-0.05, 0) is 110 Å². The van der Waals surface area contributed by atoms with Crippen LogP contribution < -0.4 is 19.8 Å². The first-order valence-corrected chi connectivity index (χ1v) is 18.7. The number of ether oxygens (including phenoxy) is 4. The van der Waals surface area contributed by atoms with Crippen molar-refractivity contribution in [3.63, 3.8) is 0 Å². The topological polar surface area (TPSA) is 100 Å². The largest absolute Gasteiger partial charge is 0.489 e. The van der Waals surface area contributed by atoms with Gasteiger partial charge in [0.25, 0.3) is 0 Å². The van der Waals surface area contributed by atoms with Gasteiger partial charge in [0.1, 0.15) is 28.1 Å². The smallest absolute Gasteiger partial charge is 0.387 e. The van der Waals surface area contributed by atoms with Crippen LogP contribution in [0.2, 0.25) is 10.0 Å². The molecule has 3 saturated heterocycles. The Morgan fingerprint density at radius 3 is 2.20 bits per heavy atom. The molecule has 8 rings (SSSR count). The Morgan fingerprint density at radius 2 is 1.57 bits per heavy atom. The number of nitrogens with one attached hydrogen (secondary N) is 2. The first-order chi connectivity index (χ1) is 26.1. The summed E-state index contributed by atoms with van der Waals surface area (Å²) in [6, 6.07) is 15.5. The van der Waals surface area contributed by atoms with E-state index in [1.165, 1.54) is 42.5 Å². The summed E-state index contributed by atoms with van der Waals surface area (Å²) in [7, 11) is 0. The fourth-order valence-corrected chi connectivity index (χ4v) is 7.40. The zero-order valence-electron chi connectivity index (χ0n) is 29.1. The molecule has 9 nitrogen and oxygen atoms in total. The fraction of sp³-hybridized carbons (Fsp3) is 0.375. The van der Waals surface area contributed by atoms with Crippen molar-refractivity contribution in [3.8, 4) is 11.5 Å². The molecule has 1 aromatic heterocycles. The van der Waals surface area contributed by atoms with Crippen LogP contribution >= 0.6 is 23.2 Å². The SMILES string of the molecule is O=C(O[C@@H](Cc1c(Cl)c[nH+]cc1Cl)c1ccc(OC(F)F)c(OCC2CC2)c1)c1ccc(NC(C(=O)O[C@H]2CN3CCC2CC3)c2ccc(F)cc2)cc1. The number of H-pyrrole nitrogens is 1. The molecule has 4 heterocycles. The lowest BCUT2D eigenvalue weighted by atomic mass is 9.86. The van der Waals surface area contributed by atoms with E-state index in [1.807, 2.05) is 0 Å². The van der Waals surface area contributed by atoms with Gasteiger partial charge >= 0.3 is 18.6 Å². The lowest BCUT2D eigenvalue weighted by molar-refractivity contribution is -0.377. The number of fused-ring (bicyclic) bond motifs is 3. The molecule has 4 fully saturated rings. The average Bonchev–Trinajstić information content (AvgIpc) is 4.00. The minimum absolute atomic E-state index is 0.0515. The Hall–Kier alpha value is -4.52. The summed E-state index contributed by atoms with van der Waals surface area (Å²) in [5.74, 6) is -1.01. The first-order valence-electron chi connectivity index (χ1n) is 17.9. The van der Waals surface area contributed by atoms with Crippen LogP contribution in [0.4, 0.5) is 18.9 Å². The summed E-state index contributed by atoms with van der Waals surface area (Å²) in [6.07, 6.45) is 5.87. The highest BCUT2D eigenvalue weighted by Gasteiger charge is 2.38. The molecule has 1 saturated carbocycles. The van der Waals surface area contributed by atoms with Crippen molar-refractivity contribution in [1.29, 1.82) is 0 Å². The van der Waals surface area contributed by atoms with E-state index in [0.717, 1.165) is 38.8 Å². The summed E-state index contributed by atoms with van der Waals surface area (Å²) in [4.78, 5) is 32.5. The molecule has 4 aromatic rings. The molecule has 3 aliphatic heterocycles. The normalized spacial score (nSPS) is 20.2. The number of nitrogens with zero attached hydrogens (tertiary/aromatic N) is 1. The van der Waals surface area contributed by atoms with E-state index in [4.69, 9.17) is 42.1 Å². The number of aromatic amines is 1. The number of rotatable bonds is 15. The summed E-state index contributed by atoms with van der Waals surface area (Å²) in [5, 5.41) is 3.82. The number of carbonyl (C=O) groups is 2. The maximum absolute atomic E-state index is 13.8. The third kappa shape index (κ3) is 9.40. The van der Waals surface area contributed by atoms with Crippen LogP contribution in [0.3, 0.4) is 0 Å². The van der Waals surface area contributed by atoms with Crippen LogP contribution in [0, 0.1) is 17.7 Å². The van der Waals surface area contributed by atoms with Crippen LogP contribution in [0.15, 0.2) is 79.1 Å². The number of piperidine rings is 3. The Labute approximate surface area is 320 Å². The highest BCUT2D eigenvalue weighted by Crippen LogP contribution is 2.38. The van der Waals surface area contributed by atoms with Gasteiger partial charge in [-0.15, -0.1) is 0 Å². The number of anilines is 1. The number of hydrogen-bond acceptors (Lipinski definition) is 8. The van der Waals surface area contributed by atoms with Crippen molar-refractivity contribution in [2.24, 2.45) is 11.8 Å². The summed E-state index contributed by atoms with van der Waals surface area (Å²) in [5.41, 5.74) is 2.17. The lowest BCUT2D eigenvalue weighted by Crippen LogP contribution is -2.52. The second kappa shape index (κ2) is 16.9. The summed E-state index contributed by atoms with van der Waals surface area (Å²) in [6.45, 7) is -0.0459. The van der Waals surface area contributed by atoms with Gasteiger partial charge in [0.2, 0.25) is 0 Å². The first kappa shape index (κ1) is 37.8. The molecular weight excluding hydrogens is 746 g/mol. The van der Waals surface area contributed by atoms with Gasteiger partial charge in [0.05, 0.1) is 12.2 Å². The van der Waals surface area contributed by atoms with Crippen molar-refractivity contribution < 1.29 is 46.7 Å². The highest BCUT2D eigenvalue weighted by atomic mass is 35.5. The molecule has 14 heteroatoms. The molecule has 0 spiro atoms. The maximum Gasteiger partial charge on any atom is 0.387 e. The fourth-order valence-electron chi connectivity index (χ4n) is 6.87. The van der Waals surface area contributed by atoms with E-state index < -0.39 is 36.5 Å². The van der Waals surface area contributed by atoms with E-state index in [2.05, 4.69) is 15.2 Å². The Morgan fingerprint density at radius 1 is 0.889 bits per heavy atom. The summed E-state index contributed by atoms with van der Waals surface area (Å²) >= 11 is 13.0. The molecule has 1 unspecified atom stereocenters. The summed E-state index contributed by atoms with van der Waals surface area (Å²) < 4.78 is 63.0. The molecule has 4 aliphatic rings. The van der Waals surface area contributed by atoms with Gasteiger partial charge < -0.3 is 24.3 Å². The van der Waals surface area contributed by atoms with Crippen molar-refractivity contribution in [3.05, 3.63) is 117 Å². The van der Waals surface area contributed by atoms with Gasteiger partial charge in [0.15, 0.2) is 29.9 Å². The number of hydrogen-bond donors (Lipinski definition) is 1. The quantitative estimate of drug-likeness (QED) is 0.120. The Kier molecular flexibility index (Phi) is 11.8. The minimum Gasteiger partial charge on any atom is -0.489 e.